The molecule has 0 aliphatic rings. The predicted molar refractivity (Wildman–Crippen MR) is 135 cm³/mol. The average Bonchev–Trinajstić information content (AvgIpc) is 3.34. The van der Waals surface area contributed by atoms with E-state index in [-0.39, 0.29) is 27.6 Å². The number of benzene rings is 2. The first-order valence-electron chi connectivity index (χ1n) is 10.5. The number of aromatic nitrogens is 1. The van der Waals surface area contributed by atoms with Gasteiger partial charge in [-0.3, -0.25) is 4.79 Å². The van der Waals surface area contributed by atoms with Gasteiger partial charge in [-0.1, -0.05) is 47.1 Å². The molecule has 0 saturated carbocycles. The van der Waals surface area contributed by atoms with E-state index in [1.54, 1.807) is 42.9 Å². The van der Waals surface area contributed by atoms with E-state index in [1.165, 1.54) is 16.7 Å². The lowest BCUT2D eigenvalue weighted by Crippen LogP contribution is -2.18. The lowest BCUT2D eigenvalue weighted by Gasteiger charge is -2.20. The Bertz CT molecular complexity index is 1480. The molecular formula is C26H20ClFN2O4S. The van der Waals surface area contributed by atoms with Crippen LogP contribution < -0.4 is 5.56 Å². The molecule has 4 aromatic rings. The van der Waals surface area contributed by atoms with Crippen molar-refractivity contribution in [3.05, 3.63) is 115 Å². The van der Waals surface area contributed by atoms with Gasteiger partial charge in [0, 0.05) is 42.2 Å². The smallest absolute Gasteiger partial charge is 0.345 e. The van der Waals surface area contributed by atoms with E-state index in [4.69, 9.17) is 11.6 Å². The van der Waals surface area contributed by atoms with Gasteiger partial charge in [-0.15, -0.1) is 11.3 Å². The fourth-order valence-corrected chi connectivity index (χ4v) is 4.79. The van der Waals surface area contributed by atoms with Gasteiger partial charge in [0.15, 0.2) is 0 Å². The maximum absolute atomic E-state index is 15.0. The molecule has 0 unspecified atom stereocenters. The molecule has 0 spiro atoms. The third-order valence-corrected chi connectivity index (χ3v) is 6.89. The Balaban J connectivity index is 1.73. The van der Waals surface area contributed by atoms with Crippen LogP contribution in [0.25, 0.3) is 11.1 Å². The Morgan fingerprint density at radius 2 is 1.86 bits per heavy atom. The second-order valence-corrected chi connectivity index (χ2v) is 9.31. The van der Waals surface area contributed by atoms with Gasteiger partial charge in [0.2, 0.25) is 5.56 Å². The summed E-state index contributed by atoms with van der Waals surface area (Å²) in [6.45, 7) is 0. The van der Waals surface area contributed by atoms with Crippen molar-refractivity contribution in [3.63, 3.8) is 0 Å². The number of aromatic carboxylic acids is 1. The number of aryl methyl sites for hydroxylation is 1. The number of hydrogen-bond donors (Lipinski definition) is 2. The van der Waals surface area contributed by atoms with Crippen molar-refractivity contribution >= 4 is 34.6 Å². The molecule has 2 aromatic heterocycles. The van der Waals surface area contributed by atoms with Crippen LogP contribution in [0.15, 0.2) is 82.2 Å². The Labute approximate surface area is 209 Å². The molecule has 178 valence electrons. The van der Waals surface area contributed by atoms with E-state index in [0.717, 1.165) is 28.0 Å². The molecule has 2 heterocycles. The van der Waals surface area contributed by atoms with Gasteiger partial charge in [-0.25, -0.2) is 9.18 Å². The largest absolute Gasteiger partial charge is 0.477 e. The van der Waals surface area contributed by atoms with Crippen LogP contribution in [0.2, 0.25) is 5.02 Å². The number of carbonyl (C=O) groups is 1. The Morgan fingerprint density at radius 3 is 2.46 bits per heavy atom. The summed E-state index contributed by atoms with van der Waals surface area (Å²) < 4.78 is 16.4. The van der Waals surface area contributed by atoms with Crippen molar-refractivity contribution in [2.45, 2.75) is 12.3 Å². The van der Waals surface area contributed by atoms with Gasteiger partial charge in [0.05, 0.1) is 5.71 Å². The maximum atomic E-state index is 15.0. The van der Waals surface area contributed by atoms with Crippen LogP contribution >= 0.6 is 22.9 Å². The fourth-order valence-electron chi connectivity index (χ4n) is 3.87. The standard InChI is InChI=1S/C26H20ClFN2O4S/c1-30-13-17(6-9-25(30)31)23(29-34)12-21(20-8-7-19(27)11-22(20)28)16-4-2-15(3-5-16)18-10-24(26(32)33)35-14-18/h2-11,13-14,21,34H,12H2,1H3,(H,32,33)/t21-/m1/s1. The Kier molecular flexibility index (Phi) is 7.14. The van der Waals surface area contributed by atoms with Crippen LogP contribution in [-0.2, 0) is 7.05 Å². The summed E-state index contributed by atoms with van der Waals surface area (Å²) in [5, 5.41) is 24.4. The van der Waals surface area contributed by atoms with Crippen molar-refractivity contribution in [2.24, 2.45) is 12.2 Å². The molecule has 0 aliphatic carbocycles. The summed E-state index contributed by atoms with van der Waals surface area (Å²) in [6, 6.07) is 16.3. The number of nitrogens with zero attached hydrogens (tertiary/aromatic N) is 2. The van der Waals surface area contributed by atoms with E-state index < -0.39 is 17.7 Å². The van der Waals surface area contributed by atoms with Gasteiger partial charge in [0.1, 0.15) is 10.7 Å². The zero-order valence-electron chi connectivity index (χ0n) is 18.5. The van der Waals surface area contributed by atoms with E-state index in [2.05, 4.69) is 5.16 Å². The monoisotopic (exact) mass is 510 g/mol. The summed E-state index contributed by atoms with van der Waals surface area (Å²) in [4.78, 5) is 23.2. The van der Waals surface area contributed by atoms with Crippen LogP contribution in [-0.4, -0.2) is 26.6 Å². The zero-order chi connectivity index (χ0) is 25.1. The summed E-state index contributed by atoms with van der Waals surface area (Å²) >= 11 is 7.11. The van der Waals surface area contributed by atoms with E-state index >= 15 is 0 Å². The van der Waals surface area contributed by atoms with Crippen LogP contribution in [0.5, 0.6) is 0 Å². The molecule has 0 radical (unpaired) electrons. The average molecular weight is 511 g/mol. The molecule has 35 heavy (non-hydrogen) atoms. The van der Waals surface area contributed by atoms with Crippen molar-refractivity contribution < 1.29 is 19.5 Å². The minimum Gasteiger partial charge on any atom is -0.477 e. The SMILES string of the molecule is Cn1cc(C(C[C@H](c2ccc(-c3csc(C(=O)O)c3)cc2)c2ccc(Cl)cc2F)=NO)ccc1=O. The molecule has 0 fully saturated rings. The van der Waals surface area contributed by atoms with E-state index in [1.807, 2.05) is 24.3 Å². The molecule has 4 rings (SSSR count). The summed E-state index contributed by atoms with van der Waals surface area (Å²) in [6.07, 6.45) is 1.71. The third kappa shape index (κ3) is 5.34. The normalized spacial score (nSPS) is 12.5. The number of rotatable bonds is 7. The minimum atomic E-state index is -0.981. The third-order valence-electron chi connectivity index (χ3n) is 5.73. The Morgan fingerprint density at radius 1 is 1.11 bits per heavy atom. The topological polar surface area (TPSA) is 91.9 Å². The Hall–Kier alpha value is -3.75. The number of hydrogen-bond acceptors (Lipinski definition) is 5. The lowest BCUT2D eigenvalue weighted by atomic mass is 9.85. The molecule has 2 N–H and O–H groups in total. The first-order chi connectivity index (χ1) is 16.8. The van der Waals surface area contributed by atoms with Gasteiger partial charge >= 0.3 is 5.97 Å². The van der Waals surface area contributed by atoms with Gasteiger partial charge < -0.3 is 14.9 Å². The van der Waals surface area contributed by atoms with Crippen molar-refractivity contribution in [1.82, 2.24) is 4.57 Å². The first kappa shape index (κ1) is 24.4. The van der Waals surface area contributed by atoms with Gasteiger partial charge in [-0.2, -0.15) is 0 Å². The second kappa shape index (κ2) is 10.2. The molecule has 0 aliphatic heterocycles. The molecule has 0 amide bonds. The highest BCUT2D eigenvalue weighted by Gasteiger charge is 2.22. The molecule has 2 aromatic carbocycles. The summed E-state index contributed by atoms with van der Waals surface area (Å²) in [5.74, 6) is -2.00. The number of carboxylic acid groups (broad SMARTS) is 1. The zero-order valence-corrected chi connectivity index (χ0v) is 20.1. The van der Waals surface area contributed by atoms with E-state index in [9.17, 15) is 24.3 Å². The highest BCUT2D eigenvalue weighted by Crippen LogP contribution is 2.34. The molecule has 0 saturated heterocycles. The molecule has 1 atom stereocenters. The van der Waals surface area contributed by atoms with Crippen molar-refractivity contribution in [1.29, 1.82) is 0 Å². The number of pyridine rings is 1. The minimum absolute atomic E-state index is 0.147. The first-order valence-corrected chi connectivity index (χ1v) is 11.8. The van der Waals surface area contributed by atoms with Crippen LogP contribution in [0.1, 0.15) is 38.7 Å². The van der Waals surface area contributed by atoms with Crippen molar-refractivity contribution in [3.8, 4) is 11.1 Å². The highest BCUT2D eigenvalue weighted by atomic mass is 35.5. The number of thiophene rings is 1. The summed E-state index contributed by atoms with van der Waals surface area (Å²) in [7, 11) is 1.59. The second-order valence-electron chi connectivity index (χ2n) is 7.96. The quantitative estimate of drug-likeness (QED) is 0.181. The number of carboxylic acids is 1. The lowest BCUT2D eigenvalue weighted by molar-refractivity contribution is 0.0702. The summed E-state index contributed by atoms with van der Waals surface area (Å²) in [5.41, 5.74) is 3.34. The van der Waals surface area contributed by atoms with Crippen LogP contribution in [0.4, 0.5) is 4.39 Å². The van der Waals surface area contributed by atoms with Crippen LogP contribution in [0.3, 0.4) is 0 Å². The van der Waals surface area contributed by atoms with Gasteiger partial charge in [-0.05, 0) is 51.9 Å². The molecular weight excluding hydrogens is 491 g/mol. The van der Waals surface area contributed by atoms with Crippen molar-refractivity contribution in [2.75, 3.05) is 0 Å². The fraction of sp³-hybridized carbons (Fsp3) is 0.115. The number of oxime groups is 1. The highest BCUT2D eigenvalue weighted by molar-refractivity contribution is 7.12. The van der Waals surface area contributed by atoms with E-state index in [0.29, 0.717) is 11.1 Å². The molecule has 0 bridgehead atoms. The molecule has 6 nitrogen and oxygen atoms in total. The maximum Gasteiger partial charge on any atom is 0.345 e. The number of halogens is 2. The van der Waals surface area contributed by atoms with Crippen LogP contribution in [0, 0.1) is 5.82 Å². The molecule has 9 heteroatoms. The predicted octanol–water partition coefficient (Wildman–Crippen LogP) is 6.01. The van der Waals surface area contributed by atoms with Gasteiger partial charge in [0.25, 0.3) is 0 Å².